The van der Waals surface area contributed by atoms with Crippen molar-refractivity contribution in [3.63, 3.8) is 0 Å². The molecule has 0 saturated carbocycles. The van der Waals surface area contributed by atoms with Crippen LogP contribution in [0.4, 0.5) is 0 Å². The fraction of sp³-hybridized carbons (Fsp3) is 0.308. The Morgan fingerprint density at radius 3 is 2.75 bits per heavy atom. The predicted octanol–water partition coefficient (Wildman–Crippen LogP) is 2.23. The first-order valence-corrected chi connectivity index (χ1v) is 7.02. The molecule has 6 nitrogen and oxygen atoms in total. The van der Waals surface area contributed by atoms with Gasteiger partial charge in [-0.25, -0.2) is 9.78 Å². The number of carboxylic acids is 2. The van der Waals surface area contributed by atoms with Crippen molar-refractivity contribution >= 4 is 34.7 Å². The number of hydrogen-bond donors (Lipinski definition) is 2. The van der Waals surface area contributed by atoms with Crippen LogP contribution in [-0.2, 0) is 11.8 Å². The third-order valence-electron chi connectivity index (χ3n) is 2.85. The van der Waals surface area contributed by atoms with Gasteiger partial charge in [0.05, 0.1) is 16.6 Å². The van der Waals surface area contributed by atoms with Crippen LogP contribution in [0, 0.1) is 0 Å². The minimum atomic E-state index is -0.979. The Hall–Kier alpha value is -2.02. The maximum atomic E-state index is 10.9. The van der Waals surface area contributed by atoms with E-state index in [1.165, 1.54) is 11.8 Å². The number of thioether (sulfide) groups is 1. The van der Waals surface area contributed by atoms with Crippen LogP contribution in [0.25, 0.3) is 11.0 Å². The summed E-state index contributed by atoms with van der Waals surface area (Å²) >= 11 is 1.47. The van der Waals surface area contributed by atoms with Crippen LogP contribution in [-0.4, -0.2) is 37.5 Å². The maximum absolute atomic E-state index is 10.9. The summed E-state index contributed by atoms with van der Waals surface area (Å²) in [7, 11) is 1.86. The van der Waals surface area contributed by atoms with E-state index in [4.69, 9.17) is 10.2 Å². The molecule has 0 fully saturated rings. The van der Waals surface area contributed by atoms with Gasteiger partial charge in [-0.05, 0) is 24.6 Å². The third kappa shape index (κ3) is 3.11. The topological polar surface area (TPSA) is 92.4 Å². The fourth-order valence-corrected chi connectivity index (χ4v) is 2.75. The zero-order chi connectivity index (χ0) is 14.7. The molecule has 1 aromatic carbocycles. The highest BCUT2D eigenvalue weighted by atomic mass is 32.2. The van der Waals surface area contributed by atoms with E-state index < -0.39 is 11.9 Å². The number of aromatic nitrogens is 2. The summed E-state index contributed by atoms with van der Waals surface area (Å²) in [5.41, 5.74) is 1.70. The number of benzene rings is 1. The molecule has 7 heteroatoms. The number of aliphatic carboxylic acids is 1. The van der Waals surface area contributed by atoms with E-state index in [-0.39, 0.29) is 12.0 Å². The van der Waals surface area contributed by atoms with Crippen LogP contribution < -0.4 is 0 Å². The maximum Gasteiger partial charge on any atom is 0.335 e. The number of carbonyl (C=O) groups is 2. The standard InChI is InChI=1S/C13H14N2O4S/c1-15-10-5-4-8(12(18)19)7-9(10)14-13(15)20-6-2-3-11(16)17/h4-5,7H,2-3,6H2,1H3,(H,16,17)(H,18,19). The number of fused-ring (bicyclic) bond motifs is 1. The minimum Gasteiger partial charge on any atom is -0.481 e. The first kappa shape index (κ1) is 14.4. The number of rotatable bonds is 6. The van der Waals surface area contributed by atoms with E-state index in [9.17, 15) is 9.59 Å². The molecule has 0 amide bonds. The summed E-state index contributed by atoms with van der Waals surface area (Å²) in [5.74, 6) is -1.12. The van der Waals surface area contributed by atoms with Gasteiger partial charge in [0, 0.05) is 19.2 Å². The quantitative estimate of drug-likeness (QED) is 0.627. The smallest absolute Gasteiger partial charge is 0.335 e. The summed E-state index contributed by atoms with van der Waals surface area (Å²) in [6, 6.07) is 4.82. The molecule has 2 aromatic rings. The van der Waals surface area contributed by atoms with E-state index in [1.807, 2.05) is 11.6 Å². The molecule has 2 rings (SSSR count). The van der Waals surface area contributed by atoms with Crippen molar-refractivity contribution in [1.29, 1.82) is 0 Å². The number of nitrogens with zero attached hydrogens (tertiary/aromatic N) is 2. The van der Waals surface area contributed by atoms with Crippen LogP contribution in [0.15, 0.2) is 23.4 Å². The molecule has 0 unspecified atom stereocenters. The van der Waals surface area contributed by atoms with E-state index in [1.54, 1.807) is 18.2 Å². The number of hydrogen-bond acceptors (Lipinski definition) is 4. The van der Waals surface area contributed by atoms with E-state index in [0.717, 1.165) is 10.7 Å². The van der Waals surface area contributed by atoms with Gasteiger partial charge in [0.1, 0.15) is 0 Å². The van der Waals surface area contributed by atoms with Crippen molar-refractivity contribution in [2.75, 3.05) is 5.75 Å². The van der Waals surface area contributed by atoms with Gasteiger partial charge in [0.2, 0.25) is 0 Å². The zero-order valence-corrected chi connectivity index (χ0v) is 11.7. The Kier molecular flexibility index (Phi) is 4.29. The molecule has 0 spiro atoms. The molecule has 0 aliphatic carbocycles. The zero-order valence-electron chi connectivity index (χ0n) is 10.9. The average molecular weight is 294 g/mol. The molecule has 0 aliphatic heterocycles. The van der Waals surface area contributed by atoms with E-state index in [0.29, 0.717) is 17.7 Å². The number of imidazole rings is 1. The van der Waals surface area contributed by atoms with Gasteiger partial charge in [0.15, 0.2) is 5.16 Å². The second-order valence-electron chi connectivity index (χ2n) is 4.31. The molecule has 1 heterocycles. The predicted molar refractivity (Wildman–Crippen MR) is 75.3 cm³/mol. The molecule has 1 aromatic heterocycles. The van der Waals surface area contributed by atoms with Crippen molar-refractivity contribution in [2.45, 2.75) is 18.0 Å². The van der Waals surface area contributed by atoms with Crippen molar-refractivity contribution in [3.8, 4) is 0 Å². The molecule has 0 bridgehead atoms. The number of aryl methyl sites for hydroxylation is 1. The molecule has 0 aliphatic rings. The first-order chi connectivity index (χ1) is 9.49. The SMILES string of the molecule is Cn1c(SCCCC(=O)O)nc2cc(C(=O)O)ccc21. The van der Waals surface area contributed by atoms with Crippen LogP contribution in [0.5, 0.6) is 0 Å². The summed E-state index contributed by atoms with van der Waals surface area (Å²) < 4.78 is 1.88. The summed E-state index contributed by atoms with van der Waals surface area (Å²) in [4.78, 5) is 25.7. The molecule has 0 saturated heterocycles. The molecule has 20 heavy (non-hydrogen) atoms. The Labute approximate surface area is 119 Å². The number of aromatic carboxylic acids is 1. The largest absolute Gasteiger partial charge is 0.481 e. The van der Waals surface area contributed by atoms with Crippen molar-refractivity contribution < 1.29 is 19.8 Å². The van der Waals surface area contributed by atoms with Crippen molar-refractivity contribution in [3.05, 3.63) is 23.8 Å². The number of carboxylic acid groups (broad SMARTS) is 2. The Bertz CT molecular complexity index is 666. The summed E-state index contributed by atoms with van der Waals surface area (Å²) in [6.45, 7) is 0. The molecule has 2 N–H and O–H groups in total. The fourth-order valence-electron chi connectivity index (χ4n) is 1.83. The second kappa shape index (κ2) is 5.96. The molecular weight excluding hydrogens is 280 g/mol. The van der Waals surface area contributed by atoms with Gasteiger partial charge in [-0.15, -0.1) is 0 Å². The summed E-state index contributed by atoms with van der Waals surface area (Å²) in [5, 5.41) is 18.3. The second-order valence-corrected chi connectivity index (χ2v) is 5.37. The van der Waals surface area contributed by atoms with E-state index >= 15 is 0 Å². The lowest BCUT2D eigenvalue weighted by atomic mass is 10.2. The first-order valence-electron chi connectivity index (χ1n) is 6.03. The van der Waals surface area contributed by atoms with Crippen LogP contribution in [0.1, 0.15) is 23.2 Å². The minimum absolute atomic E-state index is 0.139. The normalized spacial score (nSPS) is 10.8. The van der Waals surface area contributed by atoms with E-state index in [2.05, 4.69) is 4.98 Å². The van der Waals surface area contributed by atoms with Gasteiger partial charge < -0.3 is 14.8 Å². The highest BCUT2D eigenvalue weighted by molar-refractivity contribution is 7.99. The Morgan fingerprint density at radius 1 is 1.35 bits per heavy atom. The summed E-state index contributed by atoms with van der Waals surface area (Å²) in [6.07, 6.45) is 0.712. The molecular formula is C13H14N2O4S. The van der Waals surface area contributed by atoms with Crippen LogP contribution in [0.3, 0.4) is 0 Å². The highest BCUT2D eigenvalue weighted by Gasteiger charge is 2.11. The van der Waals surface area contributed by atoms with Gasteiger partial charge in [-0.3, -0.25) is 4.79 Å². The lowest BCUT2D eigenvalue weighted by molar-refractivity contribution is -0.137. The van der Waals surface area contributed by atoms with Crippen molar-refractivity contribution in [2.24, 2.45) is 7.05 Å². The van der Waals surface area contributed by atoms with Gasteiger partial charge in [0.25, 0.3) is 0 Å². The highest BCUT2D eigenvalue weighted by Crippen LogP contribution is 2.24. The molecule has 0 atom stereocenters. The Morgan fingerprint density at radius 2 is 2.10 bits per heavy atom. The van der Waals surface area contributed by atoms with Gasteiger partial charge in [-0.1, -0.05) is 11.8 Å². The Balaban J connectivity index is 2.16. The average Bonchev–Trinajstić information content (AvgIpc) is 2.71. The lowest BCUT2D eigenvalue weighted by Gasteiger charge is -2.01. The monoisotopic (exact) mass is 294 g/mol. The molecule has 106 valence electrons. The van der Waals surface area contributed by atoms with Crippen molar-refractivity contribution in [1.82, 2.24) is 9.55 Å². The molecule has 0 radical (unpaired) electrons. The van der Waals surface area contributed by atoms with Crippen LogP contribution in [0.2, 0.25) is 0 Å². The van der Waals surface area contributed by atoms with Crippen LogP contribution >= 0.6 is 11.8 Å². The van der Waals surface area contributed by atoms with Gasteiger partial charge in [-0.2, -0.15) is 0 Å². The van der Waals surface area contributed by atoms with Gasteiger partial charge >= 0.3 is 11.9 Å². The lowest BCUT2D eigenvalue weighted by Crippen LogP contribution is -1.96. The third-order valence-corrected chi connectivity index (χ3v) is 3.97.